The second-order valence-corrected chi connectivity index (χ2v) is 11.4. The molecule has 0 N–H and O–H groups in total. The Morgan fingerprint density at radius 3 is 2.32 bits per heavy atom. The van der Waals surface area contributed by atoms with Crippen molar-refractivity contribution in [3.63, 3.8) is 0 Å². The summed E-state index contributed by atoms with van der Waals surface area (Å²) in [7, 11) is -3.55. The van der Waals surface area contributed by atoms with E-state index in [-0.39, 0.29) is 16.6 Å². The van der Waals surface area contributed by atoms with Gasteiger partial charge in [-0.1, -0.05) is 42.1 Å². The summed E-state index contributed by atoms with van der Waals surface area (Å²) in [5.41, 5.74) is 1.51. The van der Waals surface area contributed by atoms with Crippen LogP contribution >= 0.6 is 11.8 Å². The molecule has 8 nitrogen and oxygen atoms in total. The molecule has 2 aliphatic heterocycles. The van der Waals surface area contributed by atoms with Gasteiger partial charge in [0.2, 0.25) is 15.9 Å². The zero-order chi connectivity index (χ0) is 23.5. The molecule has 178 valence electrons. The van der Waals surface area contributed by atoms with E-state index in [1.165, 1.54) is 11.8 Å². The molecule has 2 saturated heterocycles. The molecule has 2 aliphatic rings. The van der Waals surface area contributed by atoms with Crippen LogP contribution in [-0.2, 0) is 14.8 Å². The fourth-order valence-corrected chi connectivity index (χ4v) is 6.84. The van der Waals surface area contributed by atoms with Crippen LogP contribution < -0.4 is 0 Å². The van der Waals surface area contributed by atoms with Gasteiger partial charge in [0.15, 0.2) is 11.0 Å². The third-order valence-corrected chi connectivity index (χ3v) is 9.03. The zero-order valence-corrected chi connectivity index (χ0v) is 20.5. The molecule has 0 aliphatic carbocycles. The Balaban J connectivity index is 1.49. The van der Waals surface area contributed by atoms with Crippen LogP contribution in [-0.4, -0.2) is 70.2 Å². The third-order valence-electron chi connectivity index (χ3n) is 6.23. The van der Waals surface area contributed by atoms with Crippen molar-refractivity contribution in [2.75, 3.05) is 31.9 Å². The largest absolute Gasteiger partial charge is 0.342 e. The van der Waals surface area contributed by atoms with E-state index >= 15 is 0 Å². The molecular weight excluding hydrogens is 470 g/mol. The highest BCUT2D eigenvalue weighted by atomic mass is 32.2. The maximum Gasteiger partial charge on any atom is 0.243 e. The molecule has 3 aromatic rings. The van der Waals surface area contributed by atoms with Crippen LogP contribution in [0.4, 0.5) is 0 Å². The van der Waals surface area contributed by atoms with Crippen LogP contribution in [0.1, 0.15) is 25.7 Å². The maximum atomic E-state index is 13.1. The van der Waals surface area contributed by atoms with Crippen LogP contribution in [0, 0.1) is 0 Å². The summed E-state index contributed by atoms with van der Waals surface area (Å²) in [5.74, 6) is 0.931. The Kier molecular flexibility index (Phi) is 6.71. The van der Waals surface area contributed by atoms with Gasteiger partial charge in [-0.05, 0) is 49.9 Å². The predicted molar refractivity (Wildman–Crippen MR) is 131 cm³/mol. The van der Waals surface area contributed by atoms with E-state index in [2.05, 4.69) is 10.2 Å². The summed E-state index contributed by atoms with van der Waals surface area (Å²) >= 11 is 1.35. The summed E-state index contributed by atoms with van der Waals surface area (Å²) in [6, 6.07) is 16.6. The number of nitrogens with zero attached hydrogens (tertiary/aromatic N) is 5. The lowest BCUT2D eigenvalue weighted by Gasteiger charge is -2.16. The summed E-state index contributed by atoms with van der Waals surface area (Å²) < 4.78 is 29.7. The molecule has 34 heavy (non-hydrogen) atoms. The second-order valence-electron chi connectivity index (χ2n) is 8.49. The lowest BCUT2D eigenvalue weighted by Crippen LogP contribution is -2.29. The van der Waals surface area contributed by atoms with Crippen molar-refractivity contribution in [2.24, 2.45) is 0 Å². The minimum absolute atomic E-state index is 0.102. The molecule has 0 spiro atoms. The highest BCUT2D eigenvalue weighted by Crippen LogP contribution is 2.30. The molecule has 2 aromatic carbocycles. The highest BCUT2D eigenvalue weighted by molar-refractivity contribution is 7.99. The topological polar surface area (TPSA) is 88.4 Å². The third kappa shape index (κ3) is 4.62. The second kappa shape index (κ2) is 9.89. The molecule has 1 aromatic heterocycles. The zero-order valence-electron chi connectivity index (χ0n) is 18.8. The van der Waals surface area contributed by atoms with Gasteiger partial charge in [0.05, 0.1) is 10.6 Å². The average Bonchev–Trinajstić information content (AvgIpc) is 3.65. The van der Waals surface area contributed by atoms with Gasteiger partial charge < -0.3 is 4.90 Å². The van der Waals surface area contributed by atoms with Gasteiger partial charge in [-0.25, -0.2) is 8.42 Å². The monoisotopic (exact) mass is 497 g/mol. The number of carbonyl (C=O) groups excluding carboxylic acids is 1. The van der Waals surface area contributed by atoms with Crippen LogP contribution in [0.5, 0.6) is 0 Å². The molecule has 0 unspecified atom stereocenters. The number of aromatic nitrogens is 3. The molecule has 5 rings (SSSR count). The van der Waals surface area contributed by atoms with Gasteiger partial charge in [0, 0.05) is 37.4 Å². The van der Waals surface area contributed by atoms with E-state index in [4.69, 9.17) is 0 Å². The molecule has 0 saturated carbocycles. The Morgan fingerprint density at radius 1 is 0.882 bits per heavy atom. The number of hydrogen-bond acceptors (Lipinski definition) is 6. The molecule has 10 heteroatoms. The Bertz CT molecular complexity index is 1260. The Morgan fingerprint density at radius 2 is 1.59 bits per heavy atom. The minimum Gasteiger partial charge on any atom is -0.342 e. The van der Waals surface area contributed by atoms with Crippen LogP contribution in [0.3, 0.4) is 0 Å². The molecule has 0 atom stereocenters. The highest BCUT2D eigenvalue weighted by Gasteiger charge is 2.28. The first kappa shape index (κ1) is 23.1. The smallest absolute Gasteiger partial charge is 0.243 e. The molecule has 2 fully saturated rings. The average molecular weight is 498 g/mol. The first-order chi connectivity index (χ1) is 16.5. The van der Waals surface area contributed by atoms with Crippen molar-refractivity contribution in [1.82, 2.24) is 24.0 Å². The summed E-state index contributed by atoms with van der Waals surface area (Å²) in [5, 5.41) is 9.40. The van der Waals surface area contributed by atoms with Crippen molar-refractivity contribution in [1.29, 1.82) is 0 Å². The number of hydrogen-bond donors (Lipinski definition) is 0. The van der Waals surface area contributed by atoms with E-state index in [1.54, 1.807) is 22.5 Å². The standard InChI is InChI=1S/C24H27N5O3S2/c30-22(27-13-4-5-14-27)18-33-24-26-25-23(29(24)20-10-2-1-3-11-20)19-9-8-12-21(17-19)34(31,32)28-15-6-7-16-28/h1-3,8-12,17H,4-7,13-16,18H2. The van der Waals surface area contributed by atoms with Gasteiger partial charge in [-0.15, -0.1) is 10.2 Å². The quantitative estimate of drug-likeness (QED) is 0.465. The van der Waals surface area contributed by atoms with E-state index in [1.807, 2.05) is 45.9 Å². The van der Waals surface area contributed by atoms with Crippen LogP contribution in [0.15, 0.2) is 64.6 Å². The minimum atomic E-state index is -3.55. The summed E-state index contributed by atoms with van der Waals surface area (Å²) in [6.45, 7) is 2.74. The number of carbonyl (C=O) groups is 1. The van der Waals surface area contributed by atoms with Crippen molar-refractivity contribution in [2.45, 2.75) is 35.7 Å². The van der Waals surface area contributed by atoms with Crippen LogP contribution in [0.2, 0.25) is 0 Å². The first-order valence-corrected chi connectivity index (χ1v) is 14.0. The Labute approximate surface area is 204 Å². The molecule has 0 radical (unpaired) electrons. The number of thioether (sulfide) groups is 1. The van der Waals surface area contributed by atoms with E-state index < -0.39 is 10.0 Å². The lowest BCUT2D eigenvalue weighted by atomic mass is 10.2. The summed E-state index contributed by atoms with van der Waals surface area (Å²) in [6.07, 6.45) is 3.88. The van der Waals surface area contributed by atoms with E-state index in [0.717, 1.165) is 44.5 Å². The number of likely N-dealkylation sites (tertiary alicyclic amines) is 1. The van der Waals surface area contributed by atoms with Crippen molar-refractivity contribution >= 4 is 27.7 Å². The first-order valence-electron chi connectivity index (χ1n) is 11.6. The Hall–Kier alpha value is -2.69. The van der Waals surface area contributed by atoms with Crippen LogP contribution in [0.25, 0.3) is 17.1 Å². The van der Waals surface area contributed by atoms with Gasteiger partial charge in [-0.3, -0.25) is 9.36 Å². The molecule has 3 heterocycles. The fourth-order valence-electron chi connectivity index (χ4n) is 4.42. The van der Waals surface area contributed by atoms with Gasteiger partial charge >= 0.3 is 0 Å². The lowest BCUT2D eigenvalue weighted by molar-refractivity contribution is -0.127. The van der Waals surface area contributed by atoms with E-state index in [9.17, 15) is 13.2 Å². The van der Waals surface area contributed by atoms with Crippen molar-refractivity contribution in [3.05, 3.63) is 54.6 Å². The summed E-state index contributed by atoms with van der Waals surface area (Å²) in [4.78, 5) is 14.8. The van der Waals surface area contributed by atoms with Crippen molar-refractivity contribution < 1.29 is 13.2 Å². The number of benzene rings is 2. The molecule has 1 amide bonds. The van der Waals surface area contributed by atoms with Gasteiger partial charge in [0.25, 0.3) is 0 Å². The number of para-hydroxylation sites is 1. The SMILES string of the molecule is O=C(CSc1nnc(-c2cccc(S(=O)(=O)N3CCCC3)c2)n1-c1ccccc1)N1CCCC1. The van der Waals surface area contributed by atoms with Crippen molar-refractivity contribution in [3.8, 4) is 17.1 Å². The number of sulfonamides is 1. The normalized spacial score (nSPS) is 16.9. The predicted octanol–water partition coefficient (Wildman–Crippen LogP) is 3.43. The number of rotatable bonds is 7. The fraction of sp³-hybridized carbons (Fsp3) is 0.375. The number of amides is 1. The molecule has 0 bridgehead atoms. The van der Waals surface area contributed by atoms with Gasteiger partial charge in [-0.2, -0.15) is 4.31 Å². The van der Waals surface area contributed by atoms with Gasteiger partial charge in [0.1, 0.15) is 0 Å². The van der Waals surface area contributed by atoms with E-state index in [0.29, 0.717) is 29.6 Å². The molecular formula is C24H27N5O3S2. The maximum absolute atomic E-state index is 13.1.